The first-order valence-electron chi connectivity index (χ1n) is 8.24. The van der Waals surface area contributed by atoms with Crippen molar-refractivity contribution in [2.45, 2.75) is 70.8 Å². The number of benzene rings is 1. The molecule has 0 unspecified atom stereocenters. The molecular weight excluding hydrogens is 264 g/mol. The maximum atomic E-state index is 10.2. The van der Waals surface area contributed by atoms with E-state index in [0.29, 0.717) is 5.75 Å². The van der Waals surface area contributed by atoms with Crippen LogP contribution >= 0.6 is 0 Å². The fourth-order valence-corrected chi connectivity index (χ4v) is 2.54. The molecule has 0 aromatic heterocycles. The van der Waals surface area contributed by atoms with Crippen LogP contribution in [0.25, 0.3) is 0 Å². The summed E-state index contributed by atoms with van der Waals surface area (Å²) >= 11 is 0. The van der Waals surface area contributed by atoms with Gasteiger partial charge in [-0.15, -0.1) is 0 Å². The van der Waals surface area contributed by atoms with Crippen molar-refractivity contribution in [1.82, 2.24) is 0 Å². The van der Waals surface area contributed by atoms with Crippen LogP contribution in [0.2, 0.25) is 0 Å². The number of hydrogen-bond donors (Lipinski definition) is 2. The van der Waals surface area contributed by atoms with Crippen molar-refractivity contribution >= 4 is 0 Å². The fourth-order valence-electron chi connectivity index (χ4n) is 2.54. The van der Waals surface area contributed by atoms with Gasteiger partial charge in [-0.05, 0) is 24.1 Å². The van der Waals surface area contributed by atoms with Crippen LogP contribution in [0.5, 0.6) is 11.5 Å². The predicted octanol–water partition coefficient (Wildman–Crippen LogP) is 4.97. The van der Waals surface area contributed by atoms with Gasteiger partial charge in [-0.1, -0.05) is 64.4 Å². The van der Waals surface area contributed by atoms with Crippen LogP contribution in [-0.4, -0.2) is 17.3 Å². The van der Waals surface area contributed by atoms with E-state index in [1.165, 1.54) is 52.1 Å². The lowest BCUT2D eigenvalue weighted by atomic mass is 10.0. The first-order valence-corrected chi connectivity index (χ1v) is 8.24. The molecule has 0 saturated carbocycles. The molecule has 0 saturated heterocycles. The summed E-state index contributed by atoms with van der Waals surface area (Å²) in [7, 11) is 1.52. The van der Waals surface area contributed by atoms with Gasteiger partial charge >= 0.3 is 0 Å². The number of aliphatic hydroxyl groups excluding tert-OH is 1. The van der Waals surface area contributed by atoms with Gasteiger partial charge in [0, 0.05) is 0 Å². The van der Waals surface area contributed by atoms with E-state index in [1.54, 1.807) is 18.2 Å². The number of aliphatic hydroxyl groups is 1. The van der Waals surface area contributed by atoms with Gasteiger partial charge in [-0.25, -0.2) is 0 Å². The first-order chi connectivity index (χ1) is 10.2. The van der Waals surface area contributed by atoms with Crippen LogP contribution in [0.3, 0.4) is 0 Å². The van der Waals surface area contributed by atoms with Crippen LogP contribution in [0, 0.1) is 0 Å². The fraction of sp³-hybridized carbons (Fsp3) is 0.667. The van der Waals surface area contributed by atoms with E-state index in [4.69, 9.17) is 4.74 Å². The molecule has 3 nitrogen and oxygen atoms in total. The highest BCUT2D eigenvalue weighted by Crippen LogP contribution is 2.30. The van der Waals surface area contributed by atoms with Crippen molar-refractivity contribution in [2.75, 3.05) is 7.11 Å². The second-order valence-electron chi connectivity index (χ2n) is 5.71. The summed E-state index contributed by atoms with van der Waals surface area (Å²) in [6, 6.07) is 5.04. The number of hydrogen-bond acceptors (Lipinski definition) is 3. The summed E-state index contributed by atoms with van der Waals surface area (Å²) in [5.41, 5.74) is 0.813. The minimum absolute atomic E-state index is 0.112. The quantitative estimate of drug-likeness (QED) is 0.567. The lowest BCUT2D eigenvalue weighted by Gasteiger charge is -2.13. The molecule has 120 valence electrons. The Morgan fingerprint density at radius 2 is 1.62 bits per heavy atom. The number of methoxy groups -OCH3 is 1. The van der Waals surface area contributed by atoms with Crippen molar-refractivity contribution in [2.24, 2.45) is 0 Å². The van der Waals surface area contributed by atoms with Gasteiger partial charge in [0.2, 0.25) is 0 Å². The van der Waals surface area contributed by atoms with E-state index in [9.17, 15) is 10.2 Å². The average molecular weight is 294 g/mol. The van der Waals surface area contributed by atoms with Crippen LogP contribution < -0.4 is 4.74 Å². The third-order valence-electron chi connectivity index (χ3n) is 3.92. The maximum absolute atomic E-state index is 10.2. The van der Waals surface area contributed by atoms with Crippen molar-refractivity contribution in [3.63, 3.8) is 0 Å². The molecule has 0 fully saturated rings. The second kappa shape index (κ2) is 10.5. The van der Waals surface area contributed by atoms with E-state index in [-0.39, 0.29) is 5.75 Å². The Hall–Kier alpha value is -1.22. The van der Waals surface area contributed by atoms with Crippen molar-refractivity contribution in [3.8, 4) is 11.5 Å². The summed E-state index contributed by atoms with van der Waals surface area (Å²) in [5.74, 6) is 0.531. The highest BCUT2D eigenvalue weighted by Gasteiger charge is 2.10. The molecule has 0 aliphatic heterocycles. The number of phenols is 1. The van der Waals surface area contributed by atoms with Crippen LogP contribution in [0.15, 0.2) is 18.2 Å². The summed E-state index contributed by atoms with van der Waals surface area (Å²) < 4.78 is 5.06. The molecule has 1 rings (SSSR count). The van der Waals surface area contributed by atoms with E-state index < -0.39 is 6.10 Å². The van der Waals surface area contributed by atoms with Gasteiger partial charge in [-0.3, -0.25) is 0 Å². The Morgan fingerprint density at radius 3 is 2.24 bits per heavy atom. The third-order valence-corrected chi connectivity index (χ3v) is 3.92. The first kappa shape index (κ1) is 17.8. The standard InChI is InChI=1S/C18H30O3/c1-3-4-5-6-7-8-9-10-11-16(19)15-12-13-17(20)18(14-15)21-2/h12-14,16,19-20H,3-11H2,1-2H3/t16-/m0/s1. The second-order valence-corrected chi connectivity index (χ2v) is 5.71. The summed E-state index contributed by atoms with van der Waals surface area (Å²) in [5, 5.41) is 19.7. The zero-order valence-corrected chi connectivity index (χ0v) is 13.5. The van der Waals surface area contributed by atoms with Gasteiger partial charge in [0.05, 0.1) is 13.2 Å². The molecular formula is C18H30O3. The highest BCUT2D eigenvalue weighted by molar-refractivity contribution is 5.42. The molecule has 1 atom stereocenters. The van der Waals surface area contributed by atoms with Gasteiger partial charge in [0.15, 0.2) is 11.5 Å². The molecule has 0 aliphatic carbocycles. The molecule has 0 amide bonds. The van der Waals surface area contributed by atoms with E-state index >= 15 is 0 Å². The van der Waals surface area contributed by atoms with Crippen LogP contribution in [-0.2, 0) is 0 Å². The molecule has 0 aliphatic rings. The SMILES string of the molecule is CCCCCCCCCC[C@H](O)c1ccc(O)c(OC)c1. The molecule has 2 N–H and O–H groups in total. The third kappa shape index (κ3) is 6.85. The summed E-state index contributed by atoms with van der Waals surface area (Å²) in [6.45, 7) is 2.24. The lowest BCUT2D eigenvalue weighted by Crippen LogP contribution is -1.98. The van der Waals surface area contributed by atoms with Gasteiger partial charge in [0.25, 0.3) is 0 Å². The Bertz CT molecular complexity index is 390. The number of unbranched alkanes of at least 4 members (excludes halogenated alkanes) is 7. The number of aromatic hydroxyl groups is 1. The van der Waals surface area contributed by atoms with Crippen molar-refractivity contribution in [1.29, 1.82) is 0 Å². The minimum Gasteiger partial charge on any atom is -0.504 e. The topological polar surface area (TPSA) is 49.7 Å². The molecule has 21 heavy (non-hydrogen) atoms. The number of phenolic OH excluding ortho intramolecular Hbond substituents is 1. The van der Waals surface area contributed by atoms with Gasteiger partial charge in [-0.2, -0.15) is 0 Å². The van der Waals surface area contributed by atoms with Crippen molar-refractivity contribution < 1.29 is 14.9 Å². The molecule has 1 aromatic rings. The Labute approximate surface area is 129 Å². The smallest absolute Gasteiger partial charge is 0.160 e. The Kier molecular flexibility index (Phi) is 8.91. The van der Waals surface area contributed by atoms with Crippen LogP contribution in [0.1, 0.15) is 76.4 Å². The highest BCUT2D eigenvalue weighted by atomic mass is 16.5. The largest absolute Gasteiger partial charge is 0.504 e. The molecule has 0 spiro atoms. The molecule has 0 bridgehead atoms. The van der Waals surface area contributed by atoms with Gasteiger partial charge in [0.1, 0.15) is 0 Å². The van der Waals surface area contributed by atoms with Crippen LogP contribution in [0.4, 0.5) is 0 Å². The summed E-state index contributed by atoms with van der Waals surface area (Å²) in [4.78, 5) is 0. The number of ether oxygens (including phenoxy) is 1. The van der Waals surface area contributed by atoms with E-state index in [0.717, 1.165) is 18.4 Å². The number of rotatable bonds is 11. The predicted molar refractivity (Wildman–Crippen MR) is 86.8 cm³/mol. The summed E-state index contributed by atoms with van der Waals surface area (Å²) in [6.07, 6.45) is 10.4. The van der Waals surface area contributed by atoms with Gasteiger partial charge < -0.3 is 14.9 Å². The van der Waals surface area contributed by atoms with E-state index in [1.807, 2.05) is 0 Å². The minimum atomic E-state index is -0.473. The Balaban J connectivity index is 2.20. The van der Waals surface area contributed by atoms with Crippen molar-refractivity contribution in [3.05, 3.63) is 23.8 Å². The zero-order valence-electron chi connectivity index (χ0n) is 13.5. The Morgan fingerprint density at radius 1 is 1.00 bits per heavy atom. The molecule has 1 aromatic carbocycles. The van der Waals surface area contributed by atoms with E-state index in [2.05, 4.69) is 6.92 Å². The normalized spacial score (nSPS) is 12.3. The lowest BCUT2D eigenvalue weighted by molar-refractivity contribution is 0.163. The monoisotopic (exact) mass is 294 g/mol. The molecule has 3 heteroatoms. The molecule has 0 radical (unpaired) electrons. The maximum Gasteiger partial charge on any atom is 0.160 e. The average Bonchev–Trinajstić information content (AvgIpc) is 2.50. The molecule has 0 heterocycles. The zero-order chi connectivity index (χ0) is 15.5.